The summed E-state index contributed by atoms with van der Waals surface area (Å²) in [5.74, 6) is -0.0187. The fraction of sp³-hybridized carbons (Fsp3) is 0.267. The number of nitrogens with zero attached hydrogens (tertiary/aromatic N) is 2. The first kappa shape index (κ1) is 11.8. The molecule has 1 aromatic carbocycles. The first-order valence-corrected chi connectivity index (χ1v) is 6.47. The molecule has 1 amide bonds. The summed E-state index contributed by atoms with van der Waals surface area (Å²) in [5, 5.41) is 0. The summed E-state index contributed by atoms with van der Waals surface area (Å²) in [6, 6.07) is 11.8. The molecule has 4 nitrogen and oxygen atoms in total. The van der Waals surface area contributed by atoms with E-state index in [-0.39, 0.29) is 5.91 Å². The molecule has 0 aliphatic heterocycles. The molecule has 19 heavy (non-hydrogen) atoms. The normalized spacial score (nSPS) is 14.4. The highest BCUT2D eigenvalue weighted by Crippen LogP contribution is 2.37. The van der Waals surface area contributed by atoms with Crippen LogP contribution in [0, 0.1) is 0 Å². The predicted octanol–water partition coefficient (Wildman–Crippen LogP) is 2.68. The van der Waals surface area contributed by atoms with Crippen LogP contribution in [0.1, 0.15) is 29.4 Å². The van der Waals surface area contributed by atoms with Crippen LogP contribution in [0.4, 0.5) is 11.4 Å². The lowest BCUT2D eigenvalue weighted by molar-refractivity contribution is 0.0984. The molecule has 4 heteroatoms. The van der Waals surface area contributed by atoms with Gasteiger partial charge in [0.05, 0.1) is 5.69 Å². The van der Waals surface area contributed by atoms with Gasteiger partial charge in [-0.2, -0.15) is 0 Å². The zero-order valence-electron chi connectivity index (χ0n) is 10.9. The van der Waals surface area contributed by atoms with Gasteiger partial charge in [-0.1, -0.05) is 18.2 Å². The van der Waals surface area contributed by atoms with Crippen molar-refractivity contribution in [2.75, 3.05) is 17.7 Å². The Morgan fingerprint density at radius 2 is 2.00 bits per heavy atom. The summed E-state index contributed by atoms with van der Waals surface area (Å²) >= 11 is 0. The fourth-order valence-electron chi connectivity index (χ4n) is 2.27. The second kappa shape index (κ2) is 4.46. The molecule has 98 valence electrons. The Morgan fingerprint density at radius 3 is 2.63 bits per heavy atom. The highest BCUT2D eigenvalue weighted by Gasteiger charge is 2.28. The number of hydrogen-bond acceptors (Lipinski definition) is 2. The molecule has 1 fully saturated rings. The maximum Gasteiger partial charge on any atom is 0.274 e. The molecule has 1 aliphatic carbocycles. The van der Waals surface area contributed by atoms with E-state index < -0.39 is 0 Å². The van der Waals surface area contributed by atoms with Crippen molar-refractivity contribution in [3.8, 4) is 0 Å². The minimum absolute atomic E-state index is 0.0187. The van der Waals surface area contributed by atoms with Gasteiger partial charge < -0.3 is 15.2 Å². The van der Waals surface area contributed by atoms with E-state index in [1.165, 1.54) is 0 Å². The topological polar surface area (TPSA) is 51.3 Å². The minimum Gasteiger partial charge on any atom is -0.397 e. The number of aromatic nitrogens is 1. The predicted molar refractivity (Wildman–Crippen MR) is 76.3 cm³/mol. The lowest BCUT2D eigenvalue weighted by atomic mass is 10.2. The summed E-state index contributed by atoms with van der Waals surface area (Å²) < 4.78 is 2.01. The number of hydrogen-bond donors (Lipinski definition) is 1. The van der Waals surface area contributed by atoms with Gasteiger partial charge in [-0.3, -0.25) is 4.79 Å². The molecule has 0 unspecified atom stereocenters. The van der Waals surface area contributed by atoms with Crippen LogP contribution in [-0.2, 0) is 0 Å². The Balaban J connectivity index is 1.91. The molecule has 0 spiro atoms. The number of benzene rings is 1. The van der Waals surface area contributed by atoms with E-state index >= 15 is 0 Å². The zero-order valence-corrected chi connectivity index (χ0v) is 10.9. The van der Waals surface area contributed by atoms with E-state index in [0.717, 1.165) is 18.5 Å². The Labute approximate surface area is 112 Å². The summed E-state index contributed by atoms with van der Waals surface area (Å²) in [7, 11) is 1.79. The van der Waals surface area contributed by atoms with E-state index in [9.17, 15) is 4.79 Å². The molecule has 0 bridgehead atoms. The molecular weight excluding hydrogens is 238 g/mol. The third-order valence-electron chi connectivity index (χ3n) is 3.48. The first-order valence-electron chi connectivity index (χ1n) is 6.47. The lowest BCUT2D eigenvalue weighted by Crippen LogP contribution is -2.28. The van der Waals surface area contributed by atoms with Crippen LogP contribution in [0.15, 0.2) is 42.6 Å². The van der Waals surface area contributed by atoms with E-state index in [2.05, 4.69) is 0 Å². The van der Waals surface area contributed by atoms with Crippen molar-refractivity contribution < 1.29 is 4.79 Å². The van der Waals surface area contributed by atoms with Crippen LogP contribution in [0.3, 0.4) is 0 Å². The summed E-state index contributed by atoms with van der Waals surface area (Å²) in [6.45, 7) is 0. The van der Waals surface area contributed by atoms with E-state index in [1.807, 2.05) is 41.1 Å². The van der Waals surface area contributed by atoms with Crippen molar-refractivity contribution >= 4 is 17.3 Å². The van der Waals surface area contributed by atoms with Crippen LogP contribution in [0.5, 0.6) is 0 Å². The minimum atomic E-state index is -0.0187. The van der Waals surface area contributed by atoms with Crippen molar-refractivity contribution in [3.05, 3.63) is 48.3 Å². The average molecular weight is 255 g/mol. The number of anilines is 2. The highest BCUT2D eigenvalue weighted by molar-refractivity contribution is 6.05. The second-order valence-electron chi connectivity index (χ2n) is 5.00. The number of nitrogen functional groups attached to an aromatic ring is 1. The monoisotopic (exact) mass is 255 g/mol. The molecule has 1 saturated carbocycles. The SMILES string of the molecule is CN(C(=O)c1cc(N)cn1C1CC1)c1ccccc1. The maximum atomic E-state index is 12.6. The maximum absolute atomic E-state index is 12.6. The van der Waals surface area contributed by atoms with Crippen molar-refractivity contribution in [2.45, 2.75) is 18.9 Å². The lowest BCUT2D eigenvalue weighted by Gasteiger charge is -2.18. The van der Waals surface area contributed by atoms with Gasteiger partial charge in [-0.15, -0.1) is 0 Å². The van der Waals surface area contributed by atoms with Gasteiger partial charge in [-0.25, -0.2) is 0 Å². The average Bonchev–Trinajstić information content (AvgIpc) is 3.21. The Bertz CT molecular complexity index is 599. The molecule has 3 rings (SSSR count). The van der Waals surface area contributed by atoms with Crippen molar-refractivity contribution in [2.24, 2.45) is 0 Å². The van der Waals surface area contributed by atoms with Crippen LogP contribution in [-0.4, -0.2) is 17.5 Å². The number of amides is 1. The quantitative estimate of drug-likeness (QED) is 0.916. The largest absolute Gasteiger partial charge is 0.397 e. The van der Waals surface area contributed by atoms with Crippen LogP contribution >= 0.6 is 0 Å². The van der Waals surface area contributed by atoms with Crippen LogP contribution in [0.25, 0.3) is 0 Å². The molecule has 2 N–H and O–H groups in total. The fourth-order valence-corrected chi connectivity index (χ4v) is 2.27. The number of nitrogens with two attached hydrogens (primary N) is 1. The summed E-state index contributed by atoms with van der Waals surface area (Å²) in [5.41, 5.74) is 8.04. The van der Waals surface area contributed by atoms with Crippen LogP contribution < -0.4 is 10.6 Å². The summed E-state index contributed by atoms with van der Waals surface area (Å²) in [6.07, 6.45) is 4.12. The smallest absolute Gasteiger partial charge is 0.274 e. The molecule has 1 aromatic heterocycles. The first-order chi connectivity index (χ1) is 9.16. The number of rotatable bonds is 3. The number of para-hydroxylation sites is 1. The Kier molecular flexibility index (Phi) is 2.78. The van der Waals surface area contributed by atoms with Gasteiger partial charge >= 0.3 is 0 Å². The van der Waals surface area contributed by atoms with E-state index in [4.69, 9.17) is 5.73 Å². The van der Waals surface area contributed by atoms with E-state index in [1.54, 1.807) is 18.0 Å². The van der Waals surface area contributed by atoms with Gasteiger partial charge in [0, 0.05) is 25.0 Å². The van der Waals surface area contributed by atoms with E-state index in [0.29, 0.717) is 17.4 Å². The molecular formula is C15H17N3O. The van der Waals surface area contributed by atoms with Gasteiger partial charge in [0.1, 0.15) is 5.69 Å². The second-order valence-corrected chi connectivity index (χ2v) is 5.00. The third kappa shape index (κ3) is 2.21. The molecule has 1 aliphatic rings. The van der Waals surface area contributed by atoms with Gasteiger partial charge in [-0.05, 0) is 31.0 Å². The highest BCUT2D eigenvalue weighted by atomic mass is 16.2. The Morgan fingerprint density at radius 1 is 1.32 bits per heavy atom. The standard InChI is InChI=1S/C15H17N3O/c1-17(12-5-3-2-4-6-12)15(19)14-9-11(16)10-18(14)13-7-8-13/h2-6,9-10,13H,7-8,16H2,1H3. The van der Waals surface area contributed by atoms with Crippen LogP contribution in [0.2, 0.25) is 0 Å². The van der Waals surface area contributed by atoms with Crippen molar-refractivity contribution in [3.63, 3.8) is 0 Å². The van der Waals surface area contributed by atoms with Gasteiger partial charge in [0.2, 0.25) is 0 Å². The molecule has 2 aromatic rings. The summed E-state index contributed by atoms with van der Waals surface area (Å²) in [4.78, 5) is 14.2. The molecule has 0 saturated heterocycles. The number of carbonyl (C=O) groups excluding carboxylic acids is 1. The third-order valence-corrected chi connectivity index (χ3v) is 3.48. The van der Waals surface area contributed by atoms with Crippen molar-refractivity contribution in [1.29, 1.82) is 0 Å². The number of carbonyl (C=O) groups is 1. The van der Waals surface area contributed by atoms with Crippen molar-refractivity contribution in [1.82, 2.24) is 4.57 Å². The van der Waals surface area contributed by atoms with Gasteiger partial charge in [0.25, 0.3) is 5.91 Å². The zero-order chi connectivity index (χ0) is 13.4. The molecule has 0 radical (unpaired) electrons. The molecule has 0 atom stereocenters. The Hall–Kier alpha value is -2.23. The van der Waals surface area contributed by atoms with Gasteiger partial charge in [0.15, 0.2) is 0 Å². The molecule has 1 heterocycles.